The molecule has 0 aromatic heterocycles. The zero-order chi connectivity index (χ0) is 18.4. The van der Waals surface area contributed by atoms with Crippen LogP contribution in [0, 0.1) is 6.57 Å². The SMILES string of the molecule is [C-]#[N+]CCC(OCC/C=C\CCCCC)OCC/C=C\CCCCC. The summed E-state index contributed by atoms with van der Waals surface area (Å²) in [6.45, 7) is 13.2. The zero-order valence-corrected chi connectivity index (χ0v) is 16.5. The third-order valence-electron chi connectivity index (χ3n) is 3.94. The molecule has 0 atom stereocenters. The largest absolute Gasteiger partial charge is 0.352 e. The maximum atomic E-state index is 6.93. The van der Waals surface area contributed by atoms with Crippen molar-refractivity contribution in [3.8, 4) is 0 Å². The first-order valence-electron chi connectivity index (χ1n) is 10.2. The Hall–Kier alpha value is -1.11. The predicted molar refractivity (Wildman–Crippen MR) is 108 cm³/mol. The Morgan fingerprint density at radius 3 is 1.68 bits per heavy atom. The van der Waals surface area contributed by atoms with Gasteiger partial charge in [-0.3, -0.25) is 0 Å². The topological polar surface area (TPSA) is 22.8 Å². The van der Waals surface area contributed by atoms with Gasteiger partial charge >= 0.3 is 0 Å². The molecule has 144 valence electrons. The van der Waals surface area contributed by atoms with Gasteiger partial charge in [-0.15, -0.1) is 0 Å². The lowest BCUT2D eigenvalue weighted by atomic mass is 10.2. The summed E-state index contributed by atoms with van der Waals surface area (Å²) in [5, 5.41) is 0. The van der Waals surface area contributed by atoms with Crippen molar-refractivity contribution in [2.45, 2.75) is 90.8 Å². The van der Waals surface area contributed by atoms with E-state index in [1.54, 1.807) is 0 Å². The summed E-state index contributed by atoms with van der Waals surface area (Å²) in [6, 6.07) is 0. The lowest BCUT2D eigenvalue weighted by Crippen LogP contribution is -2.19. The van der Waals surface area contributed by atoms with E-state index < -0.39 is 0 Å². The maximum absolute atomic E-state index is 6.93. The Morgan fingerprint density at radius 1 is 0.760 bits per heavy atom. The van der Waals surface area contributed by atoms with Crippen LogP contribution in [0.1, 0.15) is 84.5 Å². The Bertz CT molecular complexity index is 332. The van der Waals surface area contributed by atoms with Gasteiger partial charge in [-0.25, -0.2) is 6.57 Å². The summed E-state index contributed by atoms with van der Waals surface area (Å²) in [5.41, 5.74) is 0. The molecule has 0 aliphatic heterocycles. The standard InChI is InChI=1S/C22H39NO2/c1-4-6-8-10-12-14-16-20-24-22(18-19-23-3)25-21-17-15-13-11-9-7-5-2/h12-15,22H,4-11,16-21H2,1-2H3/b14-12-,15-13-. The fourth-order valence-electron chi connectivity index (χ4n) is 2.42. The molecule has 0 bridgehead atoms. The van der Waals surface area contributed by atoms with E-state index in [2.05, 4.69) is 43.0 Å². The monoisotopic (exact) mass is 349 g/mol. The summed E-state index contributed by atoms with van der Waals surface area (Å²) >= 11 is 0. The third-order valence-corrected chi connectivity index (χ3v) is 3.94. The molecule has 3 heteroatoms. The molecule has 0 unspecified atom stereocenters. The van der Waals surface area contributed by atoms with E-state index in [1.165, 1.54) is 38.5 Å². The minimum Gasteiger partial charge on any atom is -0.352 e. The van der Waals surface area contributed by atoms with E-state index in [-0.39, 0.29) is 6.29 Å². The second kappa shape index (κ2) is 20.9. The van der Waals surface area contributed by atoms with E-state index in [0.717, 1.165) is 25.7 Å². The number of allylic oxidation sites excluding steroid dienone is 2. The van der Waals surface area contributed by atoms with Gasteiger partial charge in [0.2, 0.25) is 6.54 Å². The number of hydrogen-bond donors (Lipinski definition) is 0. The van der Waals surface area contributed by atoms with Gasteiger partial charge in [0.25, 0.3) is 0 Å². The number of rotatable bonds is 18. The average molecular weight is 350 g/mol. The highest BCUT2D eigenvalue weighted by atomic mass is 16.7. The molecule has 0 aliphatic rings. The molecule has 0 fully saturated rings. The summed E-state index contributed by atoms with van der Waals surface area (Å²) in [7, 11) is 0. The van der Waals surface area contributed by atoms with Crippen LogP contribution >= 0.6 is 0 Å². The van der Waals surface area contributed by atoms with Crippen molar-refractivity contribution in [3.05, 3.63) is 35.7 Å². The summed E-state index contributed by atoms with van der Waals surface area (Å²) in [6.07, 6.45) is 21.2. The van der Waals surface area contributed by atoms with Crippen molar-refractivity contribution in [1.82, 2.24) is 0 Å². The Labute approximate surface area is 156 Å². The minimum absolute atomic E-state index is 0.240. The molecule has 0 aliphatic carbocycles. The highest BCUT2D eigenvalue weighted by Gasteiger charge is 2.10. The molecular formula is C22H39NO2. The third kappa shape index (κ3) is 19.1. The number of unbranched alkanes of at least 4 members (excludes halogenated alkanes) is 6. The lowest BCUT2D eigenvalue weighted by Gasteiger charge is -2.15. The van der Waals surface area contributed by atoms with Gasteiger partial charge in [0.15, 0.2) is 6.29 Å². The molecule has 0 saturated carbocycles. The molecular weight excluding hydrogens is 310 g/mol. The molecule has 25 heavy (non-hydrogen) atoms. The van der Waals surface area contributed by atoms with Crippen LogP contribution in [0.25, 0.3) is 4.85 Å². The van der Waals surface area contributed by atoms with Gasteiger partial charge < -0.3 is 14.3 Å². The maximum Gasteiger partial charge on any atom is 0.219 e. The number of nitrogens with zero attached hydrogens (tertiary/aromatic N) is 1. The zero-order valence-electron chi connectivity index (χ0n) is 16.5. The molecule has 0 heterocycles. The molecule has 0 N–H and O–H groups in total. The summed E-state index contributed by atoms with van der Waals surface area (Å²) in [5.74, 6) is 0. The van der Waals surface area contributed by atoms with Crippen LogP contribution in [0.5, 0.6) is 0 Å². The van der Waals surface area contributed by atoms with E-state index in [0.29, 0.717) is 26.2 Å². The second-order valence-corrected chi connectivity index (χ2v) is 6.35. The Balaban J connectivity index is 3.76. The van der Waals surface area contributed by atoms with Crippen molar-refractivity contribution < 1.29 is 9.47 Å². The molecule has 0 aromatic rings. The van der Waals surface area contributed by atoms with Gasteiger partial charge in [0.05, 0.1) is 19.6 Å². The van der Waals surface area contributed by atoms with E-state index in [9.17, 15) is 0 Å². The highest BCUT2D eigenvalue weighted by molar-refractivity contribution is 4.82. The second-order valence-electron chi connectivity index (χ2n) is 6.35. The number of hydrogen-bond acceptors (Lipinski definition) is 2. The van der Waals surface area contributed by atoms with Crippen molar-refractivity contribution in [1.29, 1.82) is 0 Å². The lowest BCUT2D eigenvalue weighted by molar-refractivity contribution is -0.141. The molecule has 0 amide bonds. The van der Waals surface area contributed by atoms with E-state index in [1.807, 2.05) is 0 Å². The fraction of sp³-hybridized carbons (Fsp3) is 0.773. The van der Waals surface area contributed by atoms with Crippen molar-refractivity contribution in [3.63, 3.8) is 0 Å². The van der Waals surface area contributed by atoms with E-state index in [4.69, 9.17) is 16.0 Å². The molecule has 0 radical (unpaired) electrons. The summed E-state index contributed by atoms with van der Waals surface area (Å²) < 4.78 is 11.6. The normalized spacial score (nSPS) is 11.8. The van der Waals surface area contributed by atoms with Gasteiger partial charge in [-0.2, -0.15) is 0 Å². The fourth-order valence-corrected chi connectivity index (χ4v) is 2.42. The van der Waals surface area contributed by atoms with Crippen LogP contribution in [-0.2, 0) is 9.47 Å². The predicted octanol–water partition coefficient (Wildman–Crippen LogP) is 6.71. The first-order valence-corrected chi connectivity index (χ1v) is 10.2. The number of ether oxygens (including phenoxy) is 2. The van der Waals surface area contributed by atoms with Crippen LogP contribution in [0.3, 0.4) is 0 Å². The molecule has 0 saturated heterocycles. The molecule has 0 rings (SSSR count). The van der Waals surface area contributed by atoms with Crippen molar-refractivity contribution >= 4 is 0 Å². The Morgan fingerprint density at radius 2 is 1.24 bits per heavy atom. The first kappa shape index (κ1) is 23.9. The van der Waals surface area contributed by atoms with Crippen LogP contribution in [-0.4, -0.2) is 26.0 Å². The smallest absolute Gasteiger partial charge is 0.219 e. The van der Waals surface area contributed by atoms with Gasteiger partial charge in [-0.05, 0) is 38.5 Å². The highest BCUT2D eigenvalue weighted by Crippen LogP contribution is 2.06. The van der Waals surface area contributed by atoms with Gasteiger partial charge in [-0.1, -0.05) is 63.8 Å². The van der Waals surface area contributed by atoms with Crippen LogP contribution in [0.15, 0.2) is 24.3 Å². The van der Waals surface area contributed by atoms with Crippen LogP contribution < -0.4 is 0 Å². The van der Waals surface area contributed by atoms with Gasteiger partial charge in [0.1, 0.15) is 0 Å². The van der Waals surface area contributed by atoms with Crippen LogP contribution in [0.2, 0.25) is 0 Å². The van der Waals surface area contributed by atoms with E-state index >= 15 is 0 Å². The summed E-state index contributed by atoms with van der Waals surface area (Å²) in [4.78, 5) is 3.41. The molecule has 3 nitrogen and oxygen atoms in total. The van der Waals surface area contributed by atoms with Gasteiger partial charge in [0, 0.05) is 0 Å². The van der Waals surface area contributed by atoms with Crippen molar-refractivity contribution in [2.75, 3.05) is 19.8 Å². The first-order chi connectivity index (χ1) is 12.3. The average Bonchev–Trinajstić information content (AvgIpc) is 2.63. The molecule has 0 aromatic carbocycles. The minimum atomic E-state index is -0.240. The quantitative estimate of drug-likeness (QED) is 0.119. The Kier molecular flexibility index (Phi) is 20.0. The molecule has 0 spiro atoms. The van der Waals surface area contributed by atoms with Crippen LogP contribution in [0.4, 0.5) is 0 Å². The van der Waals surface area contributed by atoms with Crippen molar-refractivity contribution in [2.24, 2.45) is 0 Å².